The van der Waals surface area contributed by atoms with Crippen LogP contribution >= 0.6 is 0 Å². The molecule has 6 nitrogen and oxygen atoms in total. The molecule has 2 unspecified atom stereocenters. The van der Waals surface area contributed by atoms with E-state index in [1.807, 2.05) is 0 Å². The summed E-state index contributed by atoms with van der Waals surface area (Å²) in [5.74, 6) is -2.14. The van der Waals surface area contributed by atoms with E-state index in [9.17, 15) is 20.0 Å². The maximum Gasteiger partial charge on any atom is 0.359 e. The fraction of sp³-hybridized carbons (Fsp3) is 0.375. The quantitative estimate of drug-likeness (QED) is 0.223. The van der Waals surface area contributed by atoms with Crippen molar-refractivity contribution in [2.75, 3.05) is 7.11 Å². The zero-order valence-corrected chi connectivity index (χ0v) is 10.4. The van der Waals surface area contributed by atoms with Crippen LogP contribution in [0.25, 0.3) is 0 Å². The van der Waals surface area contributed by atoms with Crippen molar-refractivity contribution in [2.24, 2.45) is 5.92 Å². The first kappa shape index (κ1) is 14.3. The first-order valence-corrected chi connectivity index (χ1v) is 3.83. The molecule has 0 bridgehead atoms. The van der Waals surface area contributed by atoms with Crippen LogP contribution in [0.1, 0.15) is 0 Å². The molecular weight excluding hydrogens is 213 g/mol. The van der Waals surface area contributed by atoms with Crippen LogP contribution < -0.4 is 0 Å². The molecule has 15 heavy (non-hydrogen) atoms. The molecule has 77 valence electrons. The SMILES string of the molecule is COC(=O)C1C=CC=CC1(O)[N+](=O)[O-].[Na]. The summed E-state index contributed by atoms with van der Waals surface area (Å²) in [5.41, 5.74) is -2.40. The van der Waals surface area contributed by atoms with E-state index in [0.717, 1.165) is 13.2 Å². The van der Waals surface area contributed by atoms with E-state index in [1.54, 1.807) is 0 Å². The Morgan fingerprint density at radius 2 is 2.20 bits per heavy atom. The number of hydrogen-bond donors (Lipinski definition) is 1. The predicted octanol–water partition coefficient (Wildman–Crippen LogP) is -0.514. The van der Waals surface area contributed by atoms with Gasteiger partial charge >= 0.3 is 11.7 Å². The van der Waals surface area contributed by atoms with Crippen LogP contribution in [0.3, 0.4) is 0 Å². The summed E-state index contributed by atoms with van der Waals surface area (Å²) in [6.45, 7) is 0. The molecule has 0 aromatic heterocycles. The normalized spacial score (nSPS) is 28.0. The van der Waals surface area contributed by atoms with Crippen LogP contribution in [0.4, 0.5) is 0 Å². The van der Waals surface area contributed by atoms with E-state index in [2.05, 4.69) is 4.74 Å². The van der Waals surface area contributed by atoms with Gasteiger partial charge in [-0.05, 0) is 0 Å². The molecule has 1 aliphatic rings. The molecule has 1 N–H and O–H groups in total. The minimum atomic E-state index is -2.40. The van der Waals surface area contributed by atoms with Gasteiger partial charge in [0.1, 0.15) is 0 Å². The summed E-state index contributed by atoms with van der Waals surface area (Å²) in [7, 11) is 1.11. The van der Waals surface area contributed by atoms with Crippen LogP contribution in [0.5, 0.6) is 0 Å². The second kappa shape index (κ2) is 5.41. The van der Waals surface area contributed by atoms with E-state index in [1.165, 1.54) is 18.2 Å². The Balaban J connectivity index is 0.00000196. The summed E-state index contributed by atoms with van der Waals surface area (Å²) >= 11 is 0. The van der Waals surface area contributed by atoms with Gasteiger partial charge in [0.15, 0.2) is 5.92 Å². The molecule has 0 fully saturated rings. The Labute approximate surface area is 108 Å². The van der Waals surface area contributed by atoms with E-state index in [0.29, 0.717) is 0 Å². The molecule has 1 rings (SSSR count). The Morgan fingerprint density at radius 3 is 2.67 bits per heavy atom. The maximum atomic E-state index is 11.1. The van der Waals surface area contributed by atoms with Gasteiger partial charge in [0, 0.05) is 35.6 Å². The average molecular weight is 222 g/mol. The van der Waals surface area contributed by atoms with Gasteiger partial charge in [-0.3, -0.25) is 14.9 Å². The zero-order valence-electron chi connectivity index (χ0n) is 8.41. The summed E-state index contributed by atoms with van der Waals surface area (Å²) in [6, 6.07) is 0. The third-order valence-electron chi connectivity index (χ3n) is 1.96. The molecule has 0 spiro atoms. The summed E-state index contributed by atoms with van der Waals surface area (Å²) < 4.78 is 4.35. The van der Waals surface area contributed by atoms with Crippen molar-refractivity contribution in [2.45, 2.75) is 5.72 Å². The van der Waals surface area contributed by atoms with Gasteiger partial charge in [-0.25, -0.2) is 0 Å². The fourth-order valence-corrected chi connectivity index (χ4v) is 1.17. The van der Waals surface area contributed by atoms with E-state index >= 15 is 0 Å². The van der Waals surface area contributed by atoms with Gasteiger partial charge in [0.2, 0.25) is 0 Å². The van der Waals surface area contributed by atoms with Crippen molar-refractivity contribution in [1.29, 1.82) is 0 Å². The number of hydrogen-bond acceptors (Lipinski definition) is 5. The van der Waals surface area contributed by atoms with Crippen molar-refractivity contribution in [3.8, 4) is 0 Å². The summed E-state index contributed by atoms with van der Waals surface area (Å²) in [5, 5.41) is 20.1. The second-order valence-corrected chi connectivity index (χ2v) is 2.79. The number of methoxy groups -OCH3 is 1. The molecule has 0 aliphatic heterocycles. The fourth-order valence-electron chi connectivity index (χ4n) is 1.17. The van der Waals surface area contributed by atoms with E-state index in [-0.39, 0.29) is 29.6 Å². The molecule has 1 radical (unpaired) electrons. The Morgan fingerprint density at radius 1 is 1.60 bits per heavy atom. The van der Waals surface area contributed by atoms with Crippen LogP contribution in [0.2, 0.25) is 0 Å². The minimum absolute atomic E-state index is 0. The minimum Gasteiger partial charge on any atom is -0.468 e. The van der Waals surface area contributed by atoms with Crippen molar-refractivity contribution < 1.29 is 19.6 Å². The Kier molecular flexibility index (Phi) is 5.16. The molecule has 1 aliphatic carbocycles. The number of rotatable bonds is 2. The van der Waals surface area contributed by atoms with E-state index in [4.69, 9.17) is 0 Å². The number of aliphatic hydroxyl groups is 1. The zero-order chi connectivity index (χ0) is 10.8. The number of carbonyl (C=O) groups excluding carboxylic acids is 1. The van der Waals surface area contributed by atoms with Gasteiger partial charge in [-0.15, -0.1) is 0 Å². The number of esters is 1. The molecule has 7 heteroatoms. The average Bonchev–Trinajstić information content (AvgIpc) is 2.17. The largest absolute Gasteiger partial charge is 0.468 e. The number of ether oxygens (including phenoxy) is 1. The summed E-state index contributed by atoms with van der Waals surface area (Å²) in [4.78, 5) is 20.8. The number of nitrogens with zero attached hydrogens (tertiary/aromatic N) is 1. The molecule has 0 saturated carbocycles. The topological polar surface area (TPSA) is 89.7 Å². The Bertz CT molecular complexity index is 327. The molecular formula is C8H9NNaO5. The number of allylic oxidation sites excluding steroid dienone is 2. The predicted molar refractivity (Wildman–Crippen MR) is 51.5 cm³/mol. The van der Waals surface area contributed by atoms with Crippen molar-refractivity contribution >= 4 is 35.5 Å². The first-order valence-electron chi connectivity index (χ1n) is 3.83. The van der Waals surface area contributed by atoms with Crippen LogP contribution in [0.15, 0.2) is 24.3 Å². The van der Waals surface area contributed by atoms with Gasteiger partial charge in [-0.1, -0.05) is 18.2 Å². The molecule has 0 aromatic rings. The van der Waals surface area contributed by atoms with Gasteiger partial charge in [0.25, 0.3) is 0 Å². The monoisotopic (exact) mass is 222 g/mol. The van der Waals surface area contributed by atoms with Gasteiger partial charge in [-0.2, -0.15) is 0 Å². The molecule has 0 saturated heterocycles. The standard InChI is InChI=1S/C8H9NO5.Na/c1-14-7(10)6-4-2-3-5-8(6,11)9(12)13;/h2-6,11H,1H3;. The molecule has 2 atom stereocenters. The van der Waals surface area contributed by atoms with Crippen LogP contribution in [-0.4, -0.2) is 58.4 Å². The summed E-state index contributed by atoms with van der Waals surface area (Å²) in [6.07, 6.45) is 4.94. The molecule has 0 heterocycles. The van der Waals surface area contributed by atoms with Crippen molar-refractivity contribution in [1.82, 2.24) is 0 Å². The van der Waals surface area contributed by atoms with Crippen LogP contribution in [0, 0.1) is 16.0 Å². The first-order chi connectivity index (χ1) is 6.52. The third-order valence-corrected chi connectivity index (χ3v) is 1.96. The molecule has 0 aromatic carbocycles. The van der Waals surface area contributed by atoms with Crippen molar-refractivity contribution in [3.63, 3.8) is 0 Å². The smallest absolute Gasteiger partial charge is 0.359 e. The second-order valence-electron chi connectivity index (χ2n) is 2.79. The number of nitro groups is 1. The molecule has 0 amide bonds. The van der Waals surface area contributed by atoms with Gasteiger partial charge < -0.3 is 9.84 Å². The van der Waals surface area contributed by atoms with Crippen molar-refractivity contribution in [3.05, 3.63) is 34.4 Å². The van der Waals surface area contributed by atoms with Crippen LogP contribution in [-0.2, 0) is 9.53 Å². The van der Waals surface area contributed by atoms with E-state index < -0.39 is 22.5 Å². The maximum absolute atomic E-state index is 11.1. The van der Waals surface area contributed by atoms with Gasteiger partial charge in [0.05, 0.1) is 12.0 Å². The third kappa shape index (κ3) is 2.66. The Hall–Kier alpha value is -0.690. The number of carbonyl (C=O) groups is 1.